The Morgan fingerprint density at radius 3 is 2.22 bits per heavy atom. The average Bonchev–Trinajstić information content (AvgIpc) is 2.73. The molecule has 1 aliphatic rings. The second-order valence-corrected chi connectivity index (χ2v) is 7.37. The maximum absolute atomic E-state index is 12.6. The van der Waals surface area contributed by atoms with Crippen LogP contribution in [0.3, 0.4) is 0 Å². The first-order valence-electron chi connectivity index (χ1n) is 9.82. The van der Waals surface area contributed by atoms with Gasteiger partial charge in [-0.3, -0.25) is 9.59 Å². The lowest BCUT2D eigenvalue weighted by atomic mass is 9.94. The molecule has 0 saturated carbocycles. The number of piperidine rings is 1. The maximum atomic E-state index is 12.6. The molecule has 4 heteroatoms. The standard InChI is InChI=1S/C23H28N2O2/c1-18(12-13-19-8-4-2-5-9-19)24-22(26)20-14-16-25(17-15-20)23(27)21-10-6-3-7-11-21/h2-11,18,20H,12-17H2,1H3,(H,24,26). The lowest BCUT2D eigenvalue weighted by Gasteiger charge is -2.32. The Balaban J connectivity index is 1.42. The van der Waals surface area contributed by atoms with Gasteiger partial charge >= 0.3 is 0 Å². The zero-order chi connectivity index (χ0) is 19.1. The molecule has 1 saturated heterocycles. The summed E-state index contributed by atoms with van der Waals surface area (Å²) in [6, 6.07) is 19.9. The summed E-state index contributed by atoms with van der Waals surface area (Å²) in [5, 5.41) is 3.15. The van der Waals surface area contributed by atoms with Gasteiger partial charge in [-0.25, -0.2) is 0 Å². The number of hydrogen-bond acceptors (Lipinski definition) is 2. The minimum atomic E-state index is 0.00370. The Bertz CT molecular complexity index is 737. The number of nitrogens with zero attached hydrogens (tertiary/aromatic N) is 1. The molecular weight excluding hydrogens is 336 g/mol. The van der Waals surface area contributed by atoms with E-state index >= 15 is 0 Å². The van der Waals surface area contributed by atoms with Crippen molar-refractivity contribution in [3.8, 4) is 0 Å². The minimum Gasteiger partial charge on any atom is -0.353 e. The first-order chi connectivity index (χ1) is 13.1. The van der Waals surface area contributed by atoms with Crippen molar-refractivity contribution in [3.63, 3.8) is 0 Å². The van der Waals surface area contributed by atoms with E-state index < -0.39 is 0 Å². The molecule has 0 spiro atoms. The highest BCUT2D eigenvalue weighted by Crippen LogP contribution is 2.20. The van der Waals surface area contributed by atoms with Gasteiger partial charge in [-0.05, 0) is 50.3 Å². The van der Waals surface area contributed by atoms with E-state index in [9.17, 15) is 9.59 Å². The second kappa shape index (κ2) is 9.36. The molecule has 0 bridgehead atoms. The van der Waals surface area contributed by atoms with E-state index in [0.717, 1.165) is 31.2 Å². The lowest BCUT2D eigenvalue weighted by molar-refractivity contribution is -0.126. The third-order valence-electron chi connectivity index (χ3n) is 5.27. The number of carbonyl (C=O) groups is 2. The van der Waals surface area contributed by atoms with Gasteiger partial charge < -0.3 is 10.2 Å². The summed E-state index contributed by atoms with van der Waals surface area (Å²) in [6.07, 6.45) is 3.36. The fourth-order valence-electron chi connectivity index (χ4n) is 3.57. The molecular formula is C23H28N2O2. The predicted octanol–water partition coefficient (Wildman–Crippen LogP) is 3.68. The van der Waals surface area contributed by atoms with Crippen LogP contribution in [0.1, 0.15) is 42.1 Å². The molecule has 1 unspecified atom stereocenters. The van der Waals surface area contributed by atoms with E-state index in [-0.39, 0.29) is 23.8 Å². The molecule has 1 aliphatic heterocycles. The van der Waals surface area contributed by atoms with Crippen molar-refractivity contribution in [1.82, 2.24) is 10.2 Å². The van der Waals surface area contributed by atoms with Crippen molar-refractivity contribution < 1.29 is 9.59 Å². The van der Waals surface area contributed by atoms with E-state index in [1.165, 1.54) is 5.56 Å². The van der Waals surface area contributed by atoms with Crippen molar-refractivity contribution >= 4 is 11.8 Å². The van der Waals surface area contributed by atoms with Gasteiger partial charge in [0.25, 0.3) is 5.91 Å². The second-order valence-electron chi connectivity index (χ2n) is 7.37. The zero-order valence-electron chi connectivity index (χ0n) is 15.9. The van der Waals surface area contributed by atoms with Gasteiger partial charge in [0.15, 0.2) is 0 Å². The van der Waals surface area contributed by atoms with E-state index in [0.29, 0.717) is 13.1 Å². The minimum absolute atomic E-state index is 0.00370. The Morgan fingerprint density at radius 2 is 1.59 bits per heavy atom. The molecule has 0 aliphatic carbocycles. The van der Waals surface area contributed by atoms with Crippen LogP contribution in [0.15, 0.2) is 60.7 Å². The molecule has 2 aromatic carbocycles. The first kappa shape index (κ1) is 19.2. The number of rotatable bonds is 6. The third kappa shape index (κ3) is 5.43. The van der Waals surface area contributed by atoms with Crippen molar-refractivity contribution in [2.24, 2.45) is 5.92 Å². The van der Waals surface area contributed by atoms with E-state index in [4.69, 9.17) is 0 Å². The van der Waals surface area contributed by atoms with Crippen LogP contribution in [0.2, 0.25) is 0 Å². The SMILES string of the molecule is CC(CCc1ccccc1)NC(=O)C1CCN(C(=O)c2ccccc2)CC1. The topological polar surface area (TPSA) is 49.4 Å². The van der Waals surface area contributed by atoms with Gasteiger partial charge in [0, 0.05) is 30.6 Å². The maximum Gasteiger partial charge on any atom is 0.253 e. The Labute approximate surface area is 161 Å². The highest BCUT2D eigenvalue weighted by atomic mass is 16.2. The lowest BCUT2D eigenvalue weighted by Crippen LogP contribution is -2.44. The van der Waals surface area contributed by atoms with Gasteiger partial charge in [-0.2, -0.15) is 0 Å². The quantitative estimate of drug-likeness (QED) is 0.850. The highest BCUT2D eigenvalue weighted by molar-refractivity contribution is 5.94. The number of aryl methyl sites for hydroxylation is 1. The molecule has 3 rings (SSSR count). The van der Waals surface area contributed by atoms with Gasteiger partial charge in [0.1, 0.15) is 0 Å². The molecule has 0 radical (unpaired) electrons. The Morgan fingerprint density at radius 1 is 1.00 bits per heavy atom. The van der Waals surface area contributed by atoms with Gasteiger partial charge in [0.2, 0.25) is 5.91 Å². The van der Waals surface area contributed by atoms with Crippen LogP contribution in [0, 0.1) is 5.92 Å². The monoisotopic (exact) mass is 364 g/mol. The summed E-state index contributed by atoms with van der Waals surface area (Å²) in [7, 11) is 0. The Kier molecular flexibility index (Phi) is 6.64. The molecule has 4 nitrogen and oxygen atoms in total. The summed E-state index contributed by atoms with van der Waals surface area (Å²) in [5.41, 5.74) is 2.02. The average molecular weight is 364 g/mol. The van der Waals surface area contributed by atoms with Crippen LogP contribution in [-0.2, 0) is 11.2 Å². The summed E-state index contributed by atoms with van der Waals surface area (Å²) in [4.78, 5) is 26.9. The molecule has 1 N–H and O–H groups in total. The fraction of sp³-hybridized carbons (Fsp3) is 0.391. The number of carbonyl (C=O) groups excluding carboxylic acids is 2. The molecule has 1 heterocycles. The van der Waals surface area contributed by atoms with E-state index in [1.54, 1.807) is 0 Å². The van der Waals surface area contributed by atoms with Crippen molar-refractivity contribution in [3.05, 3.63) is 71.8 Å². The molecule has 2 aromatic rings. The van der Waals surface area contributed by atoms with Crippen LogP contribution in [0.25, 0.3) is 0 Å². The van der Waals surface area contributed by atoms with Crippen molar-refractivity contribution in [2.45, 2.75) is 38.6 Å². The van der Waals surface area contributed by atoms with Gasteiger partial charge in [-0.15, -0.1) is 0 Å². The van der Waals surface area contributed by atoms with Crippen LogP contribution >= 0.6 is 0 Å². The number of hydrogen-bond donors (Lipinski definition) is 1. The number of nitrogens with one attached hydrogen (secondary N) is 1. The summed E-state index contributed by atoms with van der Waals surface area (Å²) < 4.78 is 0. The summed E-state index contributed by atoms with van der Waals surface area (Å²) in [6.45, 7) is 3.35. The predicted molar refractivity (Wildman–Crippen MR) is 107 cm³/mol. The molecule has 142 valence electrons. The van der Waals surface area contributed by atoms with Crippen molar-refractivity contribution in [1.29, 1.82) is 0 Å². The first-order valence-corrected chi connectivity index (χ1v) is 9.82. The summed E-state index contributed by atoms with van der Waals surface area (Å²) in [5.74, 6) is 0.192. The van der Waals surface area contributed by atoms with Crippen molar-refractivity contribution in [2.75, 3.05) is 13.1 Å². The van der Waals surface area contributed by atoms with Gasteiger partial charge in [0.05, 0.1) is 0 Å². The molecule has 2 amide bonds. The largest absolute Gasteiger partial charge is 0.353 e. The van der Waals surface area contributed by atoms with Crippen LogP contribution in [0.5, 0.6) is 0 Å². The summed E-state index contributed by atoms with van der Waals surface area (Å²) >= 11 is 0. The number of likely N-dealkylation sites (tertiary alicyclic amines) is 1. The normalized spacial score (nSPS) is 16.0. The molecule has 0 aromatic heterocycles. The van der Waals surface area contributed by atoms with Crippen LogP contribution in [-0.4, -0.2) is 35.8 Å². The number of amides is 2. The molecule has 27 heavy (non-hydrogen) atoms. The third-order valence-corrected chi connectivity index (χ3v) is 5.27. The Hall–Kier alpha value is -2.62. The van der Waals surface area contributed by atoms with Crippen LogP contribution in [0.4, 0.5) is 0 Å². The van der Waals surface area contributed by atoms with E-state index in [2.05, 4.69) is 24.4 Å². The van der Waals surface area contributed by atoms with Gasteiger partial charge in [-0.1, -0.05) is 48.5 Å². The van der Waals surface area contributed by atoms with Crippen LogP contribution < -0.4 is 5.32 Å². The smallest absolute Gasteiger partial charge is 0.253 e. The fourth-order valence-corrected chi connectivity index (χ4v) is 3.57. The number of benzene rings is 2. The van der Waals surface area contributed by atoms with E-state index in [1.807, 2.05) is 53.4 Å². The highest BCUT2D eigenvalue weighted by Gasteiger charge is 2.28. The molecule has 1 atom stereocenters. The zero-order valence-corrected chi connectivity index (χ0v) is 15.9. The molecule has 1 fully saturated rings.